The molecule has 2 rings (SSSR count). The predicted octanol–water partition coefficient (Wildman–Crippen LogP) is 0.760. The number of piperazine rings is 1. The van der Waals surface area contributed by atoms with E-state index in [1.54, 1.807) is 34.1 Å². The Morgan fingerprint density at radius 3 is 2.14 bits per heavy atom. The van der Waals surface area contributed by atoms with Crippen molar-refractivity contribution in [3.63, 3.8) is 0 Å². The van der Waals surface area contributed by atoms with Crippen molar-refractivity contribution >= 4 is 29.3 Å². The van der Waals surface area contributed by atoms with Gasteiger partial charge in [-0.2, -0.15) is 0 Å². The lowest BCUT2D eigenvalue weighted by molar-refractivity contribution is -0.137. The number of hydrogen-bond donors (Lipinski definition) is 1. The number of carbonyl (C=O) groups is 3. The summed E-state index contributed by atoms with van der Waals surface area (Å²) in [5, 5.41) is 3.15. The van der Waals surface area contributed by atoms with Crippen LogP contribution >= 0.6 is 11.6 Å². The predicted molar refractivity (Wildman–Crippen MR) is 82.6 cm³/mol. The van der Waals surface area contributed by atoms with E-state index in [0.717, 1.165) is 0 Å². The summed E-state index contributed by atoms with van der Waals surface area (Å²) >= 11 is 5.76. The summed E-state index contributed by atoms with van der Waals surface area (Å²) in [6.07, 6.45) is 0. The van der Waals surface area contributed by atoms with Gasteiger partial charge in [0.2, 0.25) is 11.8 Å². The monoisotopic (exact) mass is 323 g/mol. The Bertz CT molecular complexity index is 566. The first-order valence-electron chi connectivity index (χ1n) is 7.04. The minimum Gasteiger partial charge on any atom is -0.343 e. The van der Waals surface area contributed by atoms with Gasteiger partial charge in [0.1, 0.15) is 0 Å². The maximum absolute atomic E-state index is 12.1. The van der Waals surface area contributed by atoms with E-state index in [1.165, 1.54) is 6.92 Å². The van der Waals surface area contributed by atoms with Crippen molar-refractivity contribution in [1.29, 1.82) is 0 Å². The Balaban J connectivity index is 1.79. The van der Waals surface area contributed by atoms with Crippen LogP contribution in [0.5, 0.6) is 0 Å². The standard InChI is InChI=1S/C15H18ClN3O3/c1-11(20)18-6-8-19(9-7-18)14(21)10-17-15(22)12-2-4-13(16)5-3-12/h2-5H,6-10H2,1H3,(H,17,22). The van der Waals surface area contributed by atoms with E-state index < -0.39 is 0 Å². The molecule has 0 unspecified atom stereocenters. The molecule has 0 bridgehead atoms. The van der Waals surface area contributed by atoms with Crippen LogP contribution in [0.25, 0.3) is 0 Å². The minimum atomic E-state index is -0.313. The van der Waals surface area contributed by atoms with Gasteiger partial charge in [-0.3, -0.25) is 14.4 Å². The number of carbonyl (C=O) groups excluding carboxylic acids is 3. The van der Waals surface area contributed by atoms with Gasteiger partial charge in [-0.1, -0.05) is 11.6 Å². The molecule has 0 spiro atoms. The van der Waals surface area contributed by atoms with Crippen LogP contribution in [-0.2, 0) is 9.59 Å². The third kappa shape index (κ3) is 4.21. The fourth-order valence-electron chi connectivity index (χ4n) is 2.24. The van der Waals surface area contributed by atoms with Crippen molar-refractivity contribution in [1.82, 2.24) is 15.1 Å². The zero-order valence-corrected chi connectivity index (χ0v) is 13.1. The summed E-state index contributed by atoms with van der Waals surface area (Å²) in [7, 11) is 0. The van der Waals surface area contributed by atoms with E-state index in [-0.39, 0.29) is 24.3 Å². The molecule has 0 aromatic heterocycles. The maximum Gasteiger partial charge on any atom is 0.251 e. The molecular weight excluding hydrogens is 306 g/mol. The molecule has 1 aliphatic heterocycles. The van der Waals surface area contributed by atoms with E-state index in [9.17, 15) is 14.4 Å². The SMILES string of the molecule is CC(=O)N1CCN(C(=O)CNC(=O)c2ccc(Cl)cc2)CC1. The molecule has 3 amide bonds. The minimum absolute atomic E-state index is 0.0168. The maximum atomic E-state index is 12.1. The van der Waals surface area contributed by atoms with Crippen LogP contribution in [0.15, 0.2) is 24.3 Å². The highest BCUT2D eigenvalue weighted by Crippen LogP contribution is 2.09. The Kier molecular flexibility index (Phi) is 5.38. The number of nitrogens with zero attached hydrogens (tertiary/aromatic N) is 2. The Labute approximate surface area is 134 Å². The van der Waals surface area contributed by atoms with E-state index >= 15 is 0 Å². The molecule has 22 heavy (non-hydrogen) atoms. The Morgan fingerprint density at radius 2 is 1.59 bits per heavy atom. The number of benzene rings is 1. The third-order valence-electron chi connectivity index (χ3n) is 3.58. The average Bonchev–Trinajstić information content (AvgIpc) is 2.53. The molecule has 1 aromatic rings. The summed E-state index contributed by atoms with van der Waals surface area (Å²) in [6.45, 7) is 3.52. The Hall–Kier alpha value is -2.08. The van der Waals surface area contributed by atoms with Crippen molar-refractivity contribution in [2.75, 3.05) is 32.7 Å². The van der Waals surface area contributed by atoms with Crippen LogP contribution in [0, 0.1) is 0 Å². The first-order chi connectivity index (χ1) is 10.5. The van der Waals surface area contributed by atoms with Crippen molar-refractivity contribution in [2.24, 2.45) is 0 Å². The second-order valence-electron chi connectivity index (χ2n) is 5.08. The normalized spacial score (nSPS) is 14.6. The lowest BCUT2D eigenvalue weighted by Gasteiger charge is -2.34. The number of halogens is 1. The molecule has 0 aliphatic carbocycles. The van der Waals surface area contributed by atoms with Gasteiger partial charge >= 0.3 is 0 Å². The quantitative estimate of drug-likeness (QED) is 0.893. The highest BCUT2D eigenvalue weighted by atomic mass is 35.5. The van der Waals surface area contributed by atoms with Crippen LogP contribution in [0.3, 0.4) is 0 Å². The van der Waals surface area contributed by atoms with Gasteiger partial charge in [0.25, 0.3) is 5.91 Å². The second kappa shape index (κ2) is 7.26. The first-order valence-corrected chi connectivity index (χ1v) is 7.42. The molecule has 0 atom stereocenters. The lowest BCUT2D eigenvalue weighted by Crippen LogP contribution is -2.52. The number of rotatable bonds is 3. The van der Waals surface area contributed by atoms with Crippen molar-refractivity contribution in [2.45, 2.75) is 6.92 Å². The van der Waals surface area contributed by atoms with Gasteiger partial charge in [0.05, 0.1) is 6.54 Å². The van der Waals surface area contributed by atoms with Crippen LogP contribution < -0.4 is 5.32 Å². The molecule has 1 N–H and O–H groups in total. The number of hydrogen-bond acceptors (Lipinski definition) is 3. The van der Waals surface area contributed by atoms with Gasteiger partial charge in [-0.15, -0.1) is 0 Å². The van der Waals surface area contributed by atoms with Crippen molar-refractivity contribution < 1.29 is 14.4 Å². The zero-order chi connectivity index (χ0) is 16.1. The molecule has 6 nitrogen and oxygen atoms in total. The topological polar surface area (TPSA) is 69.7 Å². The summed E-state index contributed by atoms with van der Waals surface area (Å²) < 4.78 is 0. The molecule has 1 fully saturated rings. The highest BCUT2D eigenvalue weighted by molar-refractivity contribution is 6.30. The summed E-state index contributed by atoms with van der Waals surface area (Å²) in [6, 6.07) is 6.46. The number of nitrogens with one attached hydrogen (secondary N) is 1. The van der Waals surface area contributed by atoms with E-state index in [1.807, 2.05) is 0 Å². The molecule has 1 heterocycles. The van der Waals surface area contributed by atoms with Gasteiger partial charge in [0, 0.05) is 43.7 Å². The molecule has 0 radical (unpaired) electrons. The van der Waals surface area contributed by atoms with Gasteiger partial charge in [0.15, 0.2) is 0 Å². The third-order valence-corrected chi connectivity index (χ3v) is 3.84. The molecule has 1 saturated heterocycles. The summed E-state index contributed by atoms with van der Waals surface area (Å²) in [5.41, 5.74) is 0.457. The summed E-state index contributed by atoms with van der Waals surface area (Å²) in [4.78, 5) is 38.5. The fraction of sp³-hybridized carbons (Fsp3) is 0.400. The van der Waals surface area contributed by atoms with Crippen LogP contribution in [0.2, 0.25) is 5.02 Å². The van der Waals surface area contributed by atoms with Crippen molar-refractivity contribution in [3.05, 3.63) is 34.9 Å². The van der Waals surface area contributed by atoms with Crippen molar-refractivity contribution in [3.8, 4) is 0 Å². The lowest BCUT2D eigenvalue weighted by atomic mass is 10.2. The smallest absolute Gasteiger partial charge is 0.251 e. The van der Waals surface area contributed by atoms with E-state index in [0.29, 0.717) is 36.8 Å². The molecule has 0 saturated carbocycles. The van der Waals surface area contributed by atoms with Gasteiger partial charge in [-0.25, -0.2) is 0 Å². The molecule has 7 heteroatoms. The van der Waals surface area contributed by atoms with Crippen LogP contribution in [-0.4, -0.2) is 60.2 Å². The fourth-order valence-corrected chi connectivity index (χ4v) is 2.37. The van der Waals surface area contributed by atoms with Gasteiger partial charge in [-0.05, 0) is 24.3 Å². The van der Waals surface area contributed by atoms with E-state index in [2.05, 4.69) is 5.32 Å². The second-order valence-corrected chi connectivity index (χ2v) is 5.51. The molecule has 118 valence electrons. The summed E-state index contributed by atoms with van der Waals surface area (Å²) in [5.74, 6) is -0.443. The largest absolute Gasteiger partial charge is 0.343 e. The zero-order valence-electron chi connectivity index (χ0n) is 12.3. The van der Waals surface area contributed by atoms with Gasteiger partial charge < -0.3 is 15.1 Å². The Morgan fingerprint density at radius 1 is 1.05 bits per heavy atom. The first kappa shape index (κ1) is 16.3. The average molecular weight is 324 g/mol. The highest BCUT2D eigenvalue weighted by Gasteiger charge is 2.22. The van der Waals surface area contributed by atoms with Crippen LogP contribution in [0.4, 0.5) is 0 Å². The van der Waals surface area contributed by atoms with Crippen LogP contribution in [0.1, 0.15) is 17.3 Å². The molecule has 1 aromatic carbocycles. The molecule has 1 aliphatic rings. The van der Waals surface area contributed by atoms with E-state index in [4.69, 9.17) is 11.6 Å². The number of amides is 3. The molecular formula is C15H18ClN3O3.